The van der Waals surface area contributed by atoms with Gasteiger partial charge in [0.2, 0.25) is 0 Å². The monoisotopic (exact) mass is 397 g/mol. The van der Waals surface area contributed by atoms with E-state index in [9.17, 15) is 9.59 Å². The molecule has 0 bridgehead atoms. The van der Waals surface area contributed by atoms with Crippen LogP contribution < -0.4 is 4.90 Å². The molecule has 0 aliphatic heterocycles. The molecule has 1 fully saturated rings. The van der Waals surface area contributed by atoms with Crippen LogP contribution in [0.15, 0.2) is 60.7 Å². The van der Waals surface area contributed by atoms with E-state index in [1.165, 1.54) is 12.5 Å². The average Bonchev–Trinajstić information content (AvgIpc) is 2.73. The lowest BCUT2D eigenvalue weighted by Crippen LogP contribution is -2.43. The van der Waals surface area contributed by atoms with Crippen LogP contribution >= 0.6 is 11.6 Å². The molecular weight excluding hydrogens is 374 g/mol. The van der Waals surface area contributed by atoms with Crippen molar-refractivity contribution in [1.82, 2.24) is 0 Å². The highest BCUT2D eigenvalue weighted by atomic mass is 35.5. The van der Waals surface area contributed by atoms with Crippen molar-refractivity contribution >= 4 is 35.2 Å². The largest absolute Gasteiger partial charge is 0.452 e. The summed E-state index contributed by atoms with van der Waals surface area (Å²) < 4.78 is 5.20. The summed E-state index contributed by atoms with van der Waals surface area (Å²) >= 11 is 5.85. The predicted molar refractivity (Wildman–Crippen MR) is 112 cm³/mol. The smallest absolute Gasteiger partial charge is 0.331 e. The lowest BCUT2D eigenvalue weighted by molar-refractivity contribution is -0.143. The highest BCUT2D eigenvalue weighted by Gasteiger charge is 2.27. The molecule has 3 rings (SSSR count). The second-order valence-electron chi connectivity index (χ2n) is 6.88. The fourth-order valence-corrected chi connectivity index (χ4v) is 3.60. The summed E-state index contributed by atoms with van der Waals surface area (Å²) in [6, 6.07) is 16.9. The molecule has 0 radical (unpaired) electrons. The third kappa shape index (κ3) is 5.70. The van der Waals surface area contributed by atoms with Crippen LogP contribution in [0.3, 0.4) is 0 Å². The van der Waals surface area contributed by atoms with Crippen molar-refractivity contribution < 1.29 is 14.3 Å². The Bertz CT molecular complexity index is 812. The van der Waals surface area contributed by atoms with Gasteiger partial charge in [-0.25, -0.2) is 4.79 Å². The highest BCUT2D eigenvalue weighted by Crippen LogP contribution is 2.27. The zero-order chi connectivity index (χ0) is 19.8. The average molecular weight is 398 g/mol. The maximum absolute atomic E-state index is 12.9. The van der Waals surface area contributed by atoms with Gasteiger partial charge in [0, 0.05) is 22.8 Å². The molecule has 146 valence electrons. The van der Waals surface area contributed by atoms with Crippen LogP contribution in [0.5, 0.6) is 0 Å². The van der Waals surface area contributed by atoms with E-state index in [2.05, 4.69) is 0 Å². The molecule has 1 aliphatic carbocycles. The number of carbonyl (C=O) groups is 2. The number of esters is 1. The van der Waals surface area contributed by atoms with Crippen molar-refractivity contribution in [1.29, 1.82) is 0 Å². The van der Waals surface area contributed by atoms with Crippen LogP contribution in [0, 0.1) is 0 Å². The van der Waals surface area contributed by atoms with Gasteiger partial charge >= 0.3 is 5.97 Å². The van der Waals surface area contributed by atoms with Gasteiger partial charge in [0.05, 0.1) is 0 Å². The fourth-order valence-electron chi connectivity index (χ4n) is 3.47. The molecule has 4 nitrogen and oxygen atoms in total. The summed E-state index contributed by atoms with van der Waals surface area (Å²) in [6.45, 7) is -0.269. The third-order valence-electron chi connectivity index (χ3n) is 4.86. The summed E-state index contributed by atoms with van der Waals surface area (Å²) in [5, 5.41) is 0.633. The molecule has 2 aromatic rings. The minimum atomic E-state index is -0.542. The standard InChI is InChI=1S/C23H24ClNO3/c24-19-14-11-18(12-15-19)13-16-23(27)28-17-22(26)25(20-7-3-1-4-8-20)21-9-5-2-6-10-21/h1,3-4,7-8,11-16,21H,2,5-6,9-10,17H2/b16-13+. The van der Waals surface area contributed by atoms with Crippen molar-refractivity contribution in [3.8, 4) is 0 Å². The number of halogens is 1. The Kier molecular flexibility index (Phi) is 7.26. The Labute approximate surface area is 170 Å². The van der Waals surface area contributed by atoms with E-state index in [1.807, 2.05) is 30.3 Å². The van der Waals surface area contributed by atoms with Crippen LogP contribution in [0.25, 0.3) is 6.08 Å². The lowest BCUT2D eigenvalue weighted by Gasteiger charge is -2.34. The Hall–Kier alpha value is -2.59. The first kappa shape index (κ1) is 20.2. The molecule has 2 aromatic carbocycles. The zero-order valence-electron chi connectivity index (χ0n) is 15.7. The molecule has 0 heterocycles. The Morgan fingerprint density at radius 1 is 1.00 bits per heavy atom. The first-order valence-electron chi connectivity index (χ1n) is 9.61. The molecule has 28 heavy (non-hydrogen) atoms. The zero-order valence-corrected chi connectivity index (χ0v) is 16.5. The number of benzene rings is 2. The van der Waals surface area contributed by atoms with Crippen molar-refractivity contribution in [3.05, 3.63) is 71.3 Å². The maximum Gasteiger partial charge on any atom is 0.331 e. The Balaban J connectivity index is 1.61. The normalized spacial score (nSPS) is 14.8. The molecule has 0 unspecified atom stereocenters. The quantitative estimate of drug-likeness (QED) is 0.493. The van der Waals surface area contributed by atoms with E-state index in [4.69, 9.17) is 16.3 Å². The van der Waals surface area contributed by atoms with Gasteiger partial charge in [-0.05, 0) is 48.7 Å². The molecule has 0 spiro atoms. The molecule has 0 N–H and O–H groups in total. The first-order valence-corrected chi connectivity index (χ1v) is 9.99. The Morgan fingerprint density at radius 2 is 1.68 bits per heavy atom. The summed E-state index contributed by atoms with van der Waals surface area (Å²) in [4.78, 5) is 26.7. The van der Waals surface area contributed by atoms with E-state index in [1.54, 1.807) is 35.2 Å². The van der Waals surface area contributed by atoms with Gasteiger partial charge in [0.25, 0.3) is 5.91 Å². The minimum Gasteiger partial charge on any atom is -0.452 e. The maximum atomic E-state index is 12.9. The molecule has 1 amide bonds. The molecule has 1 aliphatic rings. The van der Waals surface area contributed by atoms with E-state index >= 15 is 0 Å². The molecule has 0 saturated heterocycles. The molecule has 1 saturated carbocycles. The van der Waals surface area contributed by atoms with Gasteiger partial charge in [-0.2, -0.15) is 0 Å². The van der Waals surface area contributed by atoms with Crippen LogP contribution in [0.2, 0.25) is 5.02 Å². The first-order chi connectivity index (χ1) is 13.6. The van der Waals surface area contributed by atoms with Crippen molar-refractivity contribution in [3.63, 3.8) is 0 Å². The van der Waals surface area contributed by atoms with Gasteiger partial charge < -0.3 is 9.64 Å². The number of ether oxygens (including phenoxy) is 1. The third-order valence-corrected chi connectivity index (χ3v) is 5.11. The molecule has 0 atom stereocenters. The number of para-hydroxylation sites is 1. The summed E-state index contributed by atoms with van der Waals surface area (Å²) in [6.07, 6.45) is 8.35. The summed E-state index contributed by atoms with van der Waals surface area (Å²) in [5.74, 6) is -0.730. The molecule has 0 aromatic heterocycles. The number of hydrogen-bond donors (Lipinski definition) is 0. The molecule has 5 heteroatoms. The van der Waals surface area contributed by atoms with Crippen LogP contribution in [-0.4, -0.2) is 24.5 Å². The minimum absolute atomic E-state index is 0.159. The topological polar surface area (TPSA) is 46.6 Å². The van der Waals surface area contributed by atoms with Gasteiger partial charge in [-0.3, -0.25) is 4.79 Å². The van der Waals surface area contributed by atoms with Crippen molar-refractivity contribution in [2.24, 2.45) is 0 Å². The van der Waals surface area contributed by atoms with E-state index in [-0.39, 0.29) is 18.6 Å². The highest BCUT2D eigenvalue weighted by molar-refractivity contribution is 6.30. The van der Waals surface area contributed by atoms with E-state index in [0.29, 0.717) is 5.02 Å². The molecular formula is C23H24ClNO3. The number of anilines is 1. The van der Waals surface area contributed by atoms with Crippen LogP contribution in [0.1, 0.15) is 37.7 Å². The number of rotatable bonds is 6. The predicted octanol–water partition coefficient (Wildman–Crippen LogP) is 5.26. The Morgan fingerprint density at radius 3 is 2.36 bits per heavy atom. The van der Waals surface area contributed by atoms with Crippen LogP contribution in [-0.2, 0) is 14.3 Å². The van der Waals surface area contributed by atoms with Crippen molar-refractivity contribution in [2.75, 3.05) is 11.5 Å². The fraction of sp³-hybridized carbons (Fsp3) is 0.304. The number of nitrogens with zero attached hydrogens (tertiary/aromatic N) is 1. The number of amides is 1. The number of carbonyl (C=O) groups excluding carboxylic acids is 2. The van der Waals surface area contributed by atoms with E-state index < -0.39 is 5.97 Å². The second kappa shape index (κ2) is 10.1. The van der Waals surface area contributed by atoms with Crippen molar-refractivity contribution in [2.45, 2.75) is 38.1 Å². The SMILES string of the molecule is O=C(/C=C/c1ccc(Cl)cc1)OCC(=O)N(c1ccccc1)C1CCCCC1. The summed E-state index contributed by atoms with van der Waals surface area (Å²) in [7, 11) is 0. The van der Waals surface area contributed by atoms with Gasteiger partial charge in [0.15, 0.2) is 6.61 Å². The number of hydrogen-bond acceptors (Lipinski definition) is 3. The van der Waals surface area contributed by atoms with Gasteiger partial charge in [-0.1, -0.05) is 61.2 Å². The van der Waals surface area contributed by atoms with E-state index in [0.717, 1.165) is 36.9 Å². The summed E-state index contributed by atoms with van der Waals surface area (Å²) in [5.41, 5.74) is 1.69. The second-order valence-corrected chi connectivity index (χ2v) is 7.32. The lowest BCUT2D eigenvalue weighted by atomic mass is 9.93. The van der Waals surface area contributed by atoms with Gasteiger partial charge in [-0.15, -0.1) is 0 Å². The van der Waals surface area contributed by atoms with Crippen LogP contribution in [0.4, 0.5) is 5.69 Å². The van der Waals surface area contributed by atoms with Gasteiger partial charge in [0.1, 0.15) is 0 Å².